The summed E-state index contributed by atoms with van der Waals surface area (Å²) < 4.78 is 0. The van der Waals surface area contributed by atoms with Crippen LogP contribution in [0.3, 0.4) is 0 Å². The average molecular weight is 260 g/mol. The lowest BCUT2D eigenvalue weighted by atomic mass is 9.99. The van der Waals surface area contributed by atoms with Gasteiger partial charge in [-0.05, 0) is 49.9 Å². The van der Waals surface area contributed by atoms with E-state index in [2.05, 4.69) is 55.3 Å². The molecule has 1 aliphatic heterocycles. The molecule has 2 heteroatoms. The van der Waals surface area contributed by atoms with E-state index >= 15 is 0 Å². The fourth-order valence-electron chi connectivity index (χ4n) is 2.87. The van der Waals surface area contributed by atoms with Crippen LogP contribution in [0.1, 0.15) is 44.4 Å². The number of hydrogen-bond donors (Lipinski definition) is 1. The summed E-state index contributed by atoms with van der Waals surface area (Å²) in [6.07, 6.45) is 2.44. The molecule has 106 valence electrons. The second-order valence-corrected chi connectivity index (χ2v) is 6.16. The third-order valence-corrected chi connectivity index (χ3v) is 4.03. The van der Waals surface area contributed by atoms with Crippen LogP contribution in [0.25, 0.3) is 0 Å². The first-order chi connectivity index (χ1) is 9.16. The zero-order valence-corrected chi connectivity index (χ0v) is 12.7. The molecule has 19 heavy (non-hydrogen) atoms. The minimum Gasteiger partial charge on any atom is -0.315 e. The largest absolute Gasteiger partial charge is 0.315 e. The highest BCUT2D eigenvalue weighted by atomic mass is 15.2. The molecule has 0 amide bonds. The molecule has 0 aromatic heterocycles. The van der Waals surface area contributed by atoms with Crippen LogP contribution in [0, 0.1) is 5.92 Å². The van der Waals surface area contributed by atoms with Crippen LogP contribution in [-0.2, 0) is 6.42 Å². The van der Waals surface area contributed by atoms with Gasteiger partial charge in [-0.2, -0.15) is 0 Å². The third kappa shape index (κ3) is 4.32. The normalized spacial score (nSPS) is 19.4. The number of benzene rings is 1. The van der Waals surface area contributed by atoms with Crippen LogP contribution in [0.5, 0.6) is 0 Å². The quantitative estimate of drug-likeness (QED) is 0.894. The first kappa shape index (κ1) is 14.5. The van der Waals surface area contributed by atoms with Gasteiger partial charge in [0.15, 0.2) is 0 Å². The van der Waals surface area contributed by atoms with Crippen molar-refractivity contribution < 1.29 is 0 Å². The molecule has 2 rings (SSSR count). The average Bonchev–Trinajstić information content (AvgIpc) is 2.67. The monoisotopic (exact) mass is 260 g/mol. The summed E-state index contributed by atoms with van der Waals surface area (Å²) in [6.45, 7) is 11.5. The molecule has 0 radical (unpaired) electrons. The topological polar surface area (TPSA) is 15.3 Å². The van der Waals surface area contributed by atoms with Crippen molar-refractivity contribution in [2.45, 2.75) is 39.7 Å². The molecule has 1 aromatic rings. The Balaban J connectivity index is 1.99. The highest BCUT2D eigenvalue weighted by Gasteiger charge is 2.16. The second-order valence-electron chi connectivity index (χ2n) is 6.16. The molecule has 0 aliphatic carbocycles. The van der Waals surface area contributed by atoms with Crippen LogP contribution >= 0.6 is 0 Å². The minimum atomic E-state index is 0.535. The molecule has 1 N–H and O–H groups in total. The van der Waals surface area contributed by atoms with Gasteiger partial charge in [-0.15, -0.1) is 0 Å². The number of nitrogens with one attached hydrogen (secondary N) is 1. The summed E-state index contributed by atoms with van der Waals surface area (Å²) in [7, 11) is 0. The SMILES string of the molecule is CC(C)Cc1ccc(C(C)N2CCCNCC2)cc1. The molecule has 1 aliphatic rings. The first-order valence-corrected chi connectivity index (χ1v) is 7.70. The van der Waals surface area contributed by atoms with Gasteiger partial charge in [0, 0.05) is 19.1 Å². The number of nitrogens with zero attached hydrogens (tertiary/aromatic N) is 1. The predicted octanol–water partition coefficient (Wildman–Crippen LogP) is 3.24. The Kier molecular flexibility index (Phi) is 5.41. The summed E-state index contributed by atoms with van der Waals surface area (Å²) in [5.74, 6) is 0.736. The highest BCUT2D eigenvalue weighted by molar-refractivity contribution is 5.25. The van der Waals surface area contributed by atoms with Crippen molar-refractivity contribution in [2.75, 3.05) is 26.2 Å². The van der Waals surface area contributed by atoms with Crippen LogP contribution < -0.4 is 5.32 Å². The Hall–Kier alpha value is -0.860. The van der Waals surface area contributed by atoms with Gasteiger partial charge in [0.2, 0.25) is 0 Å². The van der Waals surface area contributed by atoms with Crippen LogP contribution in [-0.4, -0.2) is 31.1 Å². The maximum Gasteiger partial charge on any atom is 0.0320 e. The van der Waals surface area contributed by atoms with Gasteiger partial charge in [0.1, 0.15) is 0 Å². The van der Waals surface area contributed by atoms with Gasteiger partial charge in [-0.3, -0.25) is 4.90 Å². The summed E-state index contributed by atoms with van der Waals surface area (Å²) >= 11 is 0. The molecular weight excluding hydrogens is 232 g/mol. The van der Waals surface area contributed by atoms with E-state index in [1.54, 1.807) is 0 Å². The van der Waals surface area contributed by atoms with Crippen molar-refractivity contribution >= 4 is 0 Å². The van der Waals surface area contributed by atoms with E-state index in [4.69, 9.17) is 0 Å². The van der Waals surface area contributed by atoms with E-state index in [1.807, 2.05) is 0 Å². The van der Waals surface area contributed by atoms with E-state index in [0.717, 1.165) is 25.6 Å². The molecule has 1 fully saturated rings. The third-order valence-electron chi connectivity index (χ3n) is 4.03. The maximum atomic E-state index is 3.47. The minimum absolute atomic E-state index is 0.535. The fraction of sp³-hybridized carbons (Fsp3) is 0.647. The molecule has 0 saturated carbocycles. The maximum absolute atomic E-state index is 3.47. The van der Waals surface area contributed by atoms with E-state index < -0.39 is 0 Å². The highest BCUT2D eigenvalue weighted by Crippen LogP contribution is 2.21. The fourth-order valence-corrected chi connectivity index (χ4v) is 2.87. The van der Waals surface area contributed by atoms with Gasteiger partial charge in [-0.25, -0.2) is 0 Å². The van der Waals surface area contributed by atoms with E-state index in [1.165, 1.54) is 30.5 Å². The van der Waals surface area contributed by atoms with Gasteiger partial charge in [0.25, 0.3) is 0 Å². The van der Waals surface area contributed by atoms with Crippen molar-refractivity contribution in [1.29, 1.82) is 0 Å². The summed E-state index contributed by atoms with van der Waals surface area (Å²) in [4.78, 5) is 2.59. The van der Waals surface area contributed by atoms with Crippen LogP contribution in [0.2, 0.25) is 0 Å². The van der Waals surface area contributed by atoms with Crippen molar-refractivity contribution in [3.63, 3.8) is 0 Å². The molecule has 0 bridgehead atoms. The summed E-state index contributed by atoms with van der Waals surface area (Å²) in [5, 5.41) is 3.47. The Bertz CT molecular complexity index is 361. The van der Waals surface area contributed by atoms with E-state index in [9.17, 15) is 0 Å². The predicted molar refractivity (Wildman–Crippen MR) is 82.5 cm³/mol. The molecule has 1 atom stereocenters. The smallest absolute Gasteiger partial charge is 0.0320 e. The van der Waals surface area contributed by atoms with Crippen LogP contribution in [0.15, 0.2) is 24.3 Å². The Morgan fingerprint density at radius 3 is 2.47 bits per heavy atom. The molecule has 0 spiro atoms. The first-order valence-electron chi connectivity index (χ1n) is 7.70. The Morgan fingerprint density at radius 1 is 1.05 bits per heavy atom. The zero-order valence-electron chi connectivity index (χ0n) is 12.7. The van der Waals surface area contributed by atoms with Gasteiger partial charge in [0.05, 0.1) is 0 Å². The standard InChI is InChI=1S/C17H28N2/c1-14(2)13-16-5-7-17(8-6-16)15(3)19-11-4-9-18-10-12-19/h5-8,14-15,18H,4,9-13H2,1-3H3. The van der Waals surface area contributed by atoms with Crippen molar-refractivity contribution in [3.05, 3.63) is 35.4 Å². The zero-order chi connectivity index (χ0) is 13.7. The lowest BCUT2D eigenvalue weighted by Gasteiger charge is -2.27. The molecule has 1 aromatic carbocycles. The number of hydrogen-bond acceptors (Lipinski definition) is 2. The second kappa shape index (κ2) is 7.06. The van der Waals surface area contributed by atoms with Gasteiger partial charge < -0.3 is 5.32 Å². The number of rotatable bonds is 4. The molecule has 1 saturated heterocycles. The summed E-state index contributed by atoms with van der Waals surface area (Å²) in [5.41, 5.74) is 2.91. The van der Waals surface area contributed by atoms with E-state index in [-0.39, 0.29) is 0 Å². The summed E-state index contributed by atoms with van der Waals surface area (Å²) in [6, 6.07) is 9.79. The van der Waals surface area contributed by atoms with Gasteiger partial charge in [-0.1, -0.05) is 38.1 Å². The van der Waals surface area contributed by atoms with Gasteiger partial charge >= 0.3 is 0 Å². The Morgan fingerprint density at radius 2 is 1.79 bits per heavy atom. The lowest BCUT2D eigenvalue weighted by Crippen LogP contribution is -2.30. The molecular formula is C17H28N2. The van der Waals surface area contributed by atoms with Crippen molar-refractivity contribution in [3.8, 4) is 0 Å². The lowest BCUT2D eigenvalue weighted by molar-refractivity contribution is 0.225. The molecule has 1 heterocycles. The van der Waals surface area contributed by atoms with E-state index in [0.29, 0.717) is 6.04 Å². The van der Waals surface area contributed by atoms with Crippen LogP contribution in [0.4, 0.5) is 0 Å². The molecule has 1 unspecified atom stereocenters. The molecule has 2 nitrogen and oxygen atoms in total. The Labute approximate surface area is 118 Å². The van der Waals surface area contributed by atoms with Crippen molar-refractivity contribution in [2.24, 2.45) is 5.92 Å². The van der Waals surface area contributed by atoms with Crippen molar-refractivity contribution in [1.82, 2.24) is 10.2 Å².